The Balaban J connectivity index is 2.39. The normalized spacial score (nSPS) is 12.2. The van der Waals surface area contributed by atoms with Gasteiger partial charge in [-0.25, -0.2) is 10.0 Å². The second-order valence-corrected chi connectivity index (χ2v) is 9.39. The molecule has 1 N–H and O–H groups in total. The summed E-state index contributed by atoms with van der Waals surface area (Å²) in [5, 5.41) is 3.57. The van der Waals surface area contributed by atoms with Gasteiger partial charge in [-0.1, -0.05) is 30.3 Å². The number of hydrogen-bond donors (Lipinski definition) is 1. The summed E-state index contributed by atoms with van der Waals surface area (Å²) in [4.78, 5) is 1.42. The summed E-state index contributed by atoms with van der Waals surface area (Å²) in [6, 6.07) is 17.0. The van der Waals surface area contributed by atoms with Crippen LogP contribution in [-0.2, 0) is 0 Å². The van der Waals surface area contributed by atoms with E-state index in [-0.39, 0.29) is 0 Å². The molecular formula is C16H21NS. The van der Waals surface area contributed by atoms with Gasteiger partial charge >= 0.3 is 0 Å². The SMILES string of the molecule is Cc1ccccc1Nc1ccccc1S(C)(C)C. The molecule has 0 fully saturated rings. The van der Waals surface area contributed by atoms with Crippen LogP contribution in [0.25, 0.3) is 0 Å². The van der Waals surface area contributed by atoms with Gasteiger partial charge < -0.3 is 5.32 Å². The number of nitrogens with one attached hydrogen (secondary N) is 1. The third kappa shape index (κ3) is 2.88. The first kappa shape index (κ1) is 13.0. The van der Waals surface area contributed by atoms with Crippen molar-refractivity contribution in [1.82, 2.24) is 0 Å². The third-order valence-electron chi connectivity index (χ3n) is 2.96. The zero-order valence-electron chi connectivity index (χ0n) is 11.5. The van der Waals surface area contributed by atoms with Gasteiger partial charge in [0.25, 0.3) is 0 Å². The molecule has 0 aliphatic rings. The first-order chi connectivity index (χ1) is 8.48. The Labute approximate surface area is 112 Å². The van der Waals surface area contributed by atoms with Crippen LogP contribution in [0.2, 0.25) is 0 Å². The van der Waals surface area contributed by atoms with E-state index in [1.54, 1.807) is 0 Å². The lowest BCUT2D eigenvalue weighted by atomic mass is 10.2. The van der Waals surface area contributed by atoms with Crippen LogP contribution in [-0.4, -0.2) is 18.8 Å². The smallest absolute Gasteiger partial charge is 0.0507 e. The van der Waals surface area contributed by atoms with Crippen LogP contribution in [0.4, 0.5) is 11.4 Å². The van der Waals surface area contributed by atoms with Crippen molar-refractivity contribution in [3.8, 4) is 0 Å². The van der Waals surface area contributed by atoms with Crippen molar-refractivity contribution in [1.29, 1.82) is 0 Å². The Kier molecular flexibility index (Phi) is 3.67. The fraction of sp³-hybridized carbons (Fsp3) is 0.250. The molecule has 1 nitrogen and oxygen atoms in total. The number of rotatable bonds is 3. The summed E-state index contributed by atoms with van der Waals surface area (Å²) < 4.78 is 0. The average molecular weight is 259 g/mol. The Bertz CT molecular complexity index is 541. The van der Waals surface area contributed by atoms with E-state index in [1.165, 1.54) is 21.8 Å². The van der Waals surface area contributed by atoms with Crippen LogP contribution in [0.5, 0.6) is 0 Å². The monoisotopic (exact) mass is 259 g/mol. The summed E-state index contributed by atoms with van der Waals surface area (Å²) in [7, 11) is -0.729. The second kappa shape index (κ2) is 5.07. The fourth-order valence-corrected chi connectivity index (χ4v) is 3.23. The first-order valence-electron chi connectivity index (χ1n) is 6.08. The molecule has 2 rings (SSSR count). The number of benzene rings is 2. The predicted octanol–water partition coefficient (Wildman–Crippen LogP) is 4.79. The molecule has 96 valence electrons. The summed E-state index contributed by atoms with van der Waals surface area (Å²) >= 11 is 0. The summed E-state index contributed by atoms with van der Waals surface area (Å²) in [6.45, 7) is 2.13. The van der Waals surface area contributed by atoms with Gasteiger partial charge in [-0.15, -0.1) is 0 Å². The summed E-state index contributed by atoms with van der Waals surface area (Å²) in [5.41, 5.74) is 3.69. The van der Waals surface area contributed by atoms with Gasteiger partial charge in [-0.3, -0.25) is 0 Å². The number of aryl methyl sites for hydroxylation is 1. The molecule has 0 saturated carbocycles. The van der Waals surface area contributed by atoms with E-state index in [4.69, 9.17) is 0 Å². The van der Waals surface area contributed by atoms with Crippen LogP contribution in [0.15, 0.2) is 53.4 Å². The maximum Gasteiger partial charge on any atom is 0.0507 e. The van der Waals surface area contributed by atoms with E-state index in [0.717, 1.165) is 0 Å². The van der Waals surface area contributed by atoms with Crippen molar-refractivity contribution < 1.29 is 0 Å². The molecule has 0 spiro atoms. The van der Waals surface area contributed by atoms with Crippen LogP contribution >= 0.6 is 10.0 Å². The molecule has 0 aliphatic carbocycles. The molecule has 0 heterocycles. The van der Waals surface area contributed by atoms with Gasteiger partial charge in [-0.05, 0) is 49.5 Å². The lowest BCUT2D eigenvalue weighted by molar-refractivity contribution is 1.37. The highest BCUT2D eigenvalue weighted by atomic mass is 32.3. The van der Waals surface area contributed by atoms with Crippen LogP contribution < -0.4 is 5.32 Å². The molecule has 0 aliphatic heterocycles. The van der Waals surface area contributed by atoms with Gasteiger partial charge in [-0.2, -0.15) is 0 Å². The number of anilines is 2. The molecule has 2 aromatic carbocycles. The lowest BCUT2D eigenvalue weighted by Crippen LogP contribution is -2.00. The maximum absolute atomic E-state index is 3.57. The van der Waals surface area contributed by atoms with Crippen molar-refractivity contribution in [2.45, 2.75) is 11.8 Å². The van der Waals surface area contributed by atoms with Crippen molar-refractivity contribution >= 4 is 21.4 Å². The number of hydrogen-bond acceptors (Lipinski definition) is 1. The zero-order chi connectivity index (χ0) is 13.2. The summed E-state index contributed by atoms with van der Waals surface area (Å²) in [6.07, 6.45) is 6.97. The van der Waals surface area contributed by atoms with Crippen molar-refractivity contribution in [3.05, 3.63) is 54.1 Å². The van der Waals surface area contributed by atoms with Crippen molar-refractivity contribution in [2.24, 2.45) is 0 Å². The highest BCUT2D eigenvalue weighted by Gasteiger charge is 2.12. The molecular weight excluding hydrogens is 238 g/mol. The van der Waals surface area contributed by atoms with E-state index in [2.05, 4.69) is 79.5 Å². The van der Waals surface area contributed by atoms with Gasteiger partial charge in [0.05, 0.1) is 5.69 Å². The minimum Gasteiger partial charge on any atom is -0.354 e. The Morgan fingerprint density at radius 2 is 1.33 bits per heavy atom. The van der Waals surface area contributed by atoms with Gasteiger partial charge in [0.1, 0.15) is 0 Å². The van der Waals surface area contributed by atoms with Crippen LogP contribution in [0.3, 0.4) is 0 Å². The highest BCUT2D eigenvalue weighted by molar-refractivity contribution is 8.32. The molecule has 0 atom stereocenters. The Hall–Kier alpha value is -1.41. The zero-order valence-corrected chi connectivity index (χ0v) is 12.3. The van der Waals surface area contributed by atoms with E-state index in [0.29, 0.717) is 0 Å². The van der Waals surface area contributed by atoms with Crippen molar-refractivity contribution in [3.63, 3.8) is 0 Å². The molecule has 0 amide bonds. The maximum atomic E-state index is 3.57. The molecule has 2 heteroatoms. The average Bonchev–Trinajstić information content (AvgIpc) is 2.31. The predicted molar refractivity (Wildman–Crippen MR) is 84.5 cm³/mol. The standard InChI is InChI=1S/C16H21NS/c1-13-9-5-6-10-14(13)17-15-11-7-8-12-16(15)18(2,3)4/h5-12,17H,1-4H3. The first-order valence-corrected chi connectivity index (χ1v) is 8.94. The summed E-state index contributed by atoms with van der Waals surface area (Å²) in [5.74, 6) is 0. The fourth-order valence-electron chi connectivity index (χ4n) is 1.96. The van der Waals surface area contributed by atoms with Crippen LogP contribution in [0.1, 0.15) is 5.56 Å². The minimum atomic E-state index is -0.729. The van der Waals surface area contributed by atoms with E-state index < -0.39 is 10.0 Å². The molecule has 0 unspecified atom stereocenters. The quantitative estimate of drug-likeness (QED) is 0.835. The molecule has 0 radical (unpaired) electrons. The van der Waals surface area contributed by atoms with E-state index in [9.17, 15) is 0 Å². The van der Waals surface area contributed by atoms with Gasteiger partial charge in [0.2, 0.25) is 0 Å². The van der Waals surface area contributed by atoms with Crippen molar-refractivity contribution in [2.75, 3.05) is 24.1 Å². The highest BCUT2D eigenvalue weighted by Crippen LogP contribution is 2.49. The van der Waals surface area contributed by atoms with Crippen LogP contribution in [0, 0.1) is 6.92 Å². The topological polar surface area (TPSA) is 12.0 Å². The lowest BCUT2D eigenvalue weighted by Gasteiger charge is -2.29. The number of para-hydroxylation sites is 2. The van der Waals surface area contributed by atoms with E-state index in [1.807, 2.05) is 0 Å². The van der Waals surface area contributed by atoms with Gasteiger partial charge in [0.15, 0.2) is 0 Å². The molecule has 0 aromatic heterocycles. The molecule has 2 aromatic rings. The second-order valence-electron chi connectivity index (χ2n) is 5.27. The Morgan fingerprint density at radius 1 is 0.778 bits per heavy atom. The Morgan fingerprint density at radius 3 is 1.94 bits per heavy atom. The van der Waals surface area contributed by atoms with E-state index >= 15 is 0 Å². The largest absolute Gasteiger partial charge is 0.354 e. The minimum absolute atomic E-state index is 0.729. The molecule has 0 saturated heterocycles. The molecule has 0 bridgehead atoms. The van der Waals surface area contributed by atoms with Gasteiger partial charge in [0, 0.05) is 10.6 Å². The molecule has 18 heavy (non-hydrogen) atoms. The third-order valence-corrected chi connectivity index (χ3v) is 4.64.